The lowest BCUT2D eigenvalue weighted by molar-refractivity contribution is 0.0384. The fourth-order valence-electron chi connectivity index (χ4n) is 3.34. The van der Waals surface area contributed by atoms with Gasteiger partial charge in [0.05, 0.1) is 24.3 Å². The highest BCUT2D eigenvalue weighted by molar-refractivity contribution is 9.10. The minimum atomic E-state index is 0.516. The number of nitrogens with one attached hydrogen (secondary N) is 1. The third kappa shape index (κ3) is 6.71. The highest BCUT2D eigenvalue weighted by Crippen LogP contribution is 2.37. The maximum Gasteiger partial charge on any atom is 0.175 e. The molecule has 1 fully saturated rings. The first-order valence-electron chi connectivity index (χ1n) is 10.3. The van der Waals surface area contributed by atoms with Crippen LogP contribution in [0.25, 0.3) is 0 Å². The molecule has 0 aliphatic carbocycles. The minimum Gasteiger partial charge on any atom is -0.490 e. The predicted octanol–water partition coefficient (Wildman–Crippen LogP) is 4.16. The van der Waals surface area contributed by atoms with Crippen LogP contribution in [0.4, 0.5) is 0 Å². The van der Waals surface area contributed by atoms with E-state index in [0.29, 0.717) is 13.2 Å². The first-order chi connectivity index (χ1) is 14.2. The van der Waals surface area contributed by atoms with E-state index in [-0.39, 0.29) is 0 Å². The molecule has 1 N–H and O–H groups in total. The second kappa shape index (κ2) is 11.6. The van der Waals surface area contributed by atoms with Crippen molar-refractivity contribution in [2.75, 3.05) is 46.0 Å². The van der Waals surface area contributed by atoms with Crippen molar-refractivity contribution in [3.05, 3.63) is 57.6 Å². The number of morpholine rings is 1. The van der Waals surface area contributed by atoms with Crippen LogP contribution < -0.4 is 14.8 Å². The number of halogens is 1. The zero-order valence-corrected chi connectivity index (χ0v) is 19.0. The summed E-state index contributed by atoms with van der Waals surface area (Å²) in [7, 11) is 0. The lowest BCUT2D eigenvalue weighted by Crippen LogP contribution is -2.40. The van der Waals surface area contributed by atoms with Gasteiger partial charge < -0.3 is 19.5 Å². The lowest BCUT2D eigenvalue weighted by Gasteiger charge is -2.26. The van der Waals surface area contributed by atoms with Crippen LogP contribution in [0.3, 0.4) is 0 Å². The van der Waals surface area contributed by atoms with Crippen molar-refractivity contribution < 1.29 is 14.2 Å². The number of hydrogen-bond donors (Lipinski definition) is 1. The molecule has 2 aromatic rings. The smallest absolute Gasteiger partial charge is 0.175 e. The van der Waals surface area contributed by atoms with Gasteiger partial charge >= 0.3 is 0 Å². The molecule has 6 heteroatoms. The van der Waals surface area contributed by atoms with E-state index < -0.39 is 0 Å². The molecule has 29 heavy (non-hydrogen) atoms. The molecule has 0 bridgehead atoms. The van der Waals surface area contributed by atoms with Crippen molar-refractivity contribution >= 4 is 15.9 Å². The fraction of sp³-hybridized carbons (Fsp3) is 0.478. The lowest BCUT2D eigenvalue weighted by atomic mass is 10.1. The molecule has 1 heterocycles. The van der Waals surface area contributed by atoms with Crippen LogP contribution in [0, 0.1) is 6.92 Å². The molecule has 5 nitrogen and oxygen atoms in total. The zero-order chi connectivity index (χ0) is 20.5. The Labute approximate surface area is 182 Å². The van der Waals surface area contributed by atoms with Crippen LogP contribution in [0.1, 0.15) is 23.6 Å². The quantitative estimate of drug-likeness (QED) is 0.537. The summed E-state index contributed by atoms with van der Waals surface area (Å²) in [5.74, 6) is 1.53. The van der Waals surface area contributed by atoms with E-state index in [2.05, 4.69) is 57.3 Å². The Morgan fingerprint density at radius 1 is 1.14 bits per heavy atom. The number of benzene rings is 2. The summed E-state index contributed by atoms with van der Waals surface area (Å²) in [4.78, 5) is 2.43. The van der Waals surface area contributed by atoms with Crippen molar-refractivity contribution in [3.63, 3.8) is 0 Å². The number of nitrogens with zero attached hydrogens (tertiary/aromatic N) is 1. The topological polar surface area (TPSA) is 43.0 Å². The van der Waals surface area contributed by atoms with Crippen molar-refractivity contribution in [2.24, 2.45) is 0 Å². The highest BCUT2D eigenvalue weighted by atomic mass is 79.9. The minimum absolute atomic E-state index is 0.516. The molecule has 0 spiro atoms. The molecule has 0 aromatic heterocycles. The molecule has 0 amide bonds. The summed E-state index contributed by atoms with van der Waals surface area (Å²) in [5, 5.41) is 3.53. The van der Waals surface area contributed by atoms with Crippen molar-refractivity contribution in [3.8, 4) is 11.5 Å². The first kappa shape index (κ1) is 22.1. The summed E-state index contributed by atoms with van der Waals surface area (Å²) < 4.78 is 18.3. The summed E-state index contributed by atoms with van der Waals surface area (Å²) in [6.07, 6.45) is 0. The van der Waals surface area contributed by atoms with E-state index in [1.165, 1.54) is 16.7 Å². The van der Waals surface area contributed by atoms with Crippen LogP contribution in [-0.4, -0.2) is 50.9 Å². The molecular weight excluding hydrogens is 432 g/mol. The maximum atomic E-state index is 6.14. The third-order valence-corrected chi connectivity index (χ3v) is 5.63. The van der Waals surface area contributed by atoms with Gasteiger partial charge in [-0.05, 0) is 58.6 Å². The number of aryl methyl sites for hydroxylation is 1. The van der Waals surface area contributed by atoms with Crippen molar-refractivity contribution in [1.82, 2.24) is 10.2 Å². The average molecular weight is 463 g/mol. The molecule has 0 unspecified atom stereocenters. The molecule has 2 aromatic carbocycles. The van der Waals surface area contributed by atoms with Crippen molar-refractivity contribution in [2.45, 2.75) is 27.0 Å². The Kier molecular flexibility index (Phi) is 8.80. The standard InChI is InChI=1S/C23H31BrN2O3/c1-3-28-22-15-19(16-25-8-9-26-10-12-27-13-11-26)14-21(24)23(22)29-17-20-7-5-4-6-18(20)2/h4-7,14-15,25H,3,8-13,16-17H2,1-2H3. The Bertz CT molecular complexity index is 779. The first-order valence-corrected chi connectivity index (χ1v) is 11.1. The van der Waals surface area contributed by atoms with Crippen LogP contribution in [-0.2, 0) is 17.9 Å². The molecule has 1 aliphatic heterocycles. The van der Waals surface area contributed by atoms with E-state index in [1.807, 2.05) is 19.1 Å². The number of rotatable bonds is 10. The Balaban J connectivity index is 1.58. The summed E-state index contributed by atoms with van der Waals surface area (Å²) >= 11 is 3.68. The van der Waals surface area contributed by atoms with Gasteiger partial charge in [-0.15, -0.1) is 0 Å². The normalized spacial score (nSPS) is 14.7. The molecular formula is C23H31BrN2O3. The van der Waals surface area contributed by atoms with Gasteiger partial charge in [-0.25, -0.2) is 0 Å². The molecule has 0 atom stereocenters. The van der Waals surface area contributed by atoms with Crippen LogP contribution in [0.2, 0.25) is 0 Å². The number of hydrogen-bond acceptors (Lipinski definition) is 5. The third-order valence-electron chi connectivity index (χ3n) is 5.04. The molecule has 1 saturated heterocycles. The monoisotopic (exact) mass is 462 g/mol. The largest absolute Gasteiger partial charge is 0.490 e. The van der Waals surface area contributed by atoms with Gasteiger partial charge in [-0.2, -0.15) is 0 Å². The van der Waals surface area contributed by atoms with Gasteiger partial charge in [0.2, 0.25) is 0 Å². The van der Waals surface area contributed by atoms with Gasteiger partial charge in [0.1, 0.15) is 6.61 Å². The molecule has 0 saturated carbocycles. The zero-order valence-electron chi connectivity index (χ0n) is 17.4. The SMILES string of the molecule is CCOc1cc(CNCCN2CCOCC2)cc(Br)c1OCc1ccccc1C. The molecule has 1 aliphatic rings. The van der Waals surface area contributed by atoms with Gasteiger partial charge in [-0.3, -0.25) is 4.90 Å². The average Bonchev–Trinajstić information content (AvgIpc) is 2.73. The second-order valence-electron chi connectivity index (χ2n) is 7.18. The second-order valence-corrected chi connectivity index (χ2v) is 8.04. The fourth-order valence-corrected chi connectivity index (χ4v) is 3.95. The van der Waals surface area contributed by atoms with E-state index in [0.717, 1.165) is 61.9 Å². The molecule has 3 rings (SSSR count). The summed E-state index contributed by atoms with van der Waals surface area (Å²) in [6.45, 7) is 11.7. The summed E-state index contributed by atoms with van der Waals surface area (Å²) in [5.41, 5.74) is 3.57. The predicted molar refractivity (Wildman–Crippen MR) is 120 cm³/mol. The van der Waals surface area contributed by atoms with Crippen molar-refractivity contribution in [1.29, 1.82) is 0 Å². The van der Waals surface area contributed by atoms with E-state index in [1.54, 1.807) is 0 Å². The van der Waals surface area contributed by atoms with Gasteiger partial charge in [0.25, 0.3) is 0 Å². The van der Waals surface area contributed by atoms with Crippen LogP contribution >= 0.6 is 15.9 Å². The molecule has 158 valence electrons. The number of ether oxygens (including phenoxy) is 3. The van der Waals surface area contributed by atoms with Crippen LogP contribution in [0.15, 0.2) is 40.9 Å². The van der Waals surface area contributed by atoms with Gasteiger partial charge in [0, 0.05) is 32.7 Å². The Morgan fingerprint density at radius 3 is 2.69 bits per heavy atom. The van der Waals surface area contributed by atoms with E-state index in [9.17, 15) is 0 Å². The molecule has 0 radical (unpaired) electrons. The Morgan fingerprint density at radius 2 is 1.93 bits per heavy atom. The van der Waals surface area contributed by atoms with E-state index >= 15 is 0 Å². The Hall–Kier alpha value is -1.60. The van der Waals surface area contributed by atoms with E-state index in [4.69, 9.17) is 14.2 Å². The van der Waals surface area contributed by atoms with Crippen LogP contribution in [0.5, 0.6) is 11.5 Å². The summed E-state index contributed by atoms with van der Waals surface area (Å²) in [6, 6.07) is 12.5. The van der Waals surface area contributed by atoms with Gasteiger partial charge in [0.15, 0.2) is 11.5 Å². The highest BCUT2D eigenvalue weighted by Gasteiger charge is 2.14. The van der Waals surface area contributed by atoms with Gasteiger partial charge in [-0.1, -0.05) is 24.3 Å². The maximum absolute atomic E-state index is 6.14.